The highest BCUT2D eigenvalue weighted by atomic mass is 16.3. The first-order chi connectivity index (χ1) is 3.00. The van der Waals surface area contributed by atoms with Crippen molar-refractivity contribution in [1.82, 2.24) is 0 Å². The van der Waals surface area contributed by atoms with Gasteiger partial charge in [0.25, 0.3) is 0 Å². The molecular formula is C5H12O2. The van der Waals surface area contributed by atoms with Crippen molar-refractivity contribution < 1.29 is 9.90 Å². The van der Waals surface area contributed by atoms with E-state index in [2.05, 4.69) is 0 Å². The standard InChI is InChI=1S/C4H10O.CH2O/c1-4(2,3)5;1-2/h5H,1-3H3;1H2. The zero-order valence-corrected chi connectivity index (χ0v) is 5.06. The lowest BCUT2D eigenvalue weighted by molar-refractivity contribution is -0.0979. The first kappa shape index (κ1) is 9.80. The molecule has 7 heavy (non-hydrogen) atoms. The van der Waals surface area contributed by atoms with Crippen LogP contribution in [0.25, 0.3) is 0 Å². The summed E-state index contributed by atoms with van der Waals surface area (Å²) in [7, 11) is 0. The van der Waals surface area contributed by atoms with Crippen molar-refractivity contribution in [2.45, 2.75) is 26.4 Å². The molecule has 1 N–H and O–H groups in total. The molecule has 0 rings (SSSR count). The molecule has 0 spiro atoms. The fraction of sp³-hybridized carbons (Fsp3) is 0.800. The molecule has 0 amide bonds. The quantitative estimate of drug-likeness (QED) is 0.488. The minimum absolute atomic E-state index is 0.500. The van der Waals surface area contributed by atoms with Crippen LogP contribution in [-0.4, -0.2) is 17.5 Å². The SMILES string of the molecule is C=O.CC(C)(C)O. The Morgan fingerprint density at radius 3 is 1.29 bits per heavy atom. The van der Waals surface area contributed by atoms with Crippen molar-refractivity contribution in [3.8, 4) is 0 Å². The van der Waals surface area contributed by atoms with E-state index in [1.807, 2.05) is 6.79 Å². The van der Waals surface area contributed by atoms with Crippen molar-refractivity contribution in [3.05, 3.63) is 0 Å². The van der Waals surface area contributed by atoms with E-state index in [1.54, 1.807) is 20.8 Å². The predicted octanol–water partition coefficient (Wildman–Crippen LogP) is 0.592. The van der Waals surface area contributed by atoms with Gasteiger partial charge in [-0.2, -0.15) is 0 Å². The smallest absolute Gasteiger partial charge is 0.106 e. The van der Waals surface area contributed by atoms with E-state index in [0.717, 1.165) is 0 Å². The summed E-state index contributed by atoms with van der Waals surface area (Å²) in [6, 6.07) is 0. The number of carbonyl (C=O) groups excluding carboxylic acids is 1. The number of rotatable bonds is 0. The number of hydrogen-bond donors (Lipinski definition) is 1. The largest absolute Gasteiger partial charge is 0.391 e. The monoisotopic (exact) mass is 104 g/mol. The maximum atomic E-state index is 8.52. The highest BCUT2D eigenvalue weighted by Crippen LogP contribution is 1.93. The molecular weight excluding hydrogens is 92.1 g/mol. The molecule has 0 saturated carbocycles. The van der Waals surface area contributed by atoms with Gasteiger partial charge >= 0.3 is 0 Å². The predicted molar refractivity (Wildman–Crippen MR) is 29.1 cm³/mol. The van der Waals surface area contributed by atoms with E-state index in [1.165, 1.54) is 0 Å². The Labute approximate surface area is 44.2 Å². The molecule has 0 aromatic carbocycles. The highest BCUT2D eigenvalue weighted by Gasteiger charge is 1.97. The second-order valence-corrected chi connectivity index (χ2v) is 2.17. The van der Waals surface area contributed by atoms with Gasteiger partial charge < -0.3 is 9.90 Å². The van der Waals surface area contributed by atoms with Crippen molar-refractivity contribution in [2.75, 3.05) is 0 Å². The van der Waals surface area contributed by atoms with Gasteiger partial charge in [-0.05, 0) is 20.8 Å². The Morgan fingerprint density at radius 2 is 1.29 bits per heavy atom. The lowest BCUT2D eigenvalue weighted by Gasteiger charge is -2.04. The summed E-state index contributed by atoms with van der Waals surface area (Å²) in [6.45, 7) is 7.23. The molecule has 0 fully saturated rings. The molecule has 0 aromatic heterocycles. The topological polar surface area (TPSA) is 37.3 Å². The molecule has 0 aliphatic carbocycles. The summed E-state index contributed by atoms with van der Waals surface area (Å²) in [5.74, 6) is 0. The fourth-order valence-electron chi connectivity index (χ4n) is 0. The van der Waals surface area contributed by atoms with E-state index >= 15 is 0 Å². The van der Waals surface area contributed by atoms with Gasteiger partial charge in [-0.25, -0.2) is 0 Å². The van der Waals surface area contributed by atoms with Gasteiger partial charge in [-0.1, -0.05) is 0 Å². The van der Waals surface area contributed by atoms with E-state index in [-0.39, 0.29) is 0 Å². The summed E-state index contributed by atoms with van der Waals surface area (Å²) in [4.78, 5) is 8.00. The second-order valence-electron chi connectivity index (χ2n) is 2.17. The molecule has 0 aromatic rings. The minimum Gasteiger partial charge on any atom is -0.391 e. The Hall–Kier alpha value is -0.370. The Morgan fingerprint density at radius 1 is 1.29 bits per heavy atom. The normalized spacial score (nSPS) is 9.14. The number of aliphatic hydroxyl groups is 1. The van der Waals surface area contributed by atoms with Crippen molar-refractivity contribution in [1.29, 1.82) is 0 Å². The van der Waals surface area contributed by atoms with Crippen LogP contribution in [0.2, 0.25) is 0 Å². The van der Waals surface area contributed by atoms with Crippen molar-refractivity contribution in [2.24, 2.45) is 0 Å². The Bertz CT molecular complexity index is 29.8. The van der Waals surface area contributed by atoms with Gasteiger partial charge in [-0.3, -0.25) is 0 Å². The van der Waals surface area contributed by atoms with E-state index in [9.17, 15) is 0 Å². The first-order valence-electron chi connectivity index (χ1n) is 2.01. The fourth-order valence-corrected chi connectivity index (χ4v) is 0. The van der Waals surface area contributed by atoms with Crippen LogP contribution in [0.1, 0.15) is 20.8 Å². The van der Waals surface area contributed by atoms with Gasteiger partial charge in [0, 0.05) is 0 Å². The Kier molecular flexibility index (Phi) is 5.33. The van der Waals surface area contributed by atoms with Crippen LogP contribution in [0.15, 0.2) is 0 Å². The van der Waals surface area contributed by atoms with Crippen molar-refractivity contribution >= 4 is 6.79 Å². The highest BCUT2D eigenvalue weighted by molar-refractivity contribution is 5.10. The summed E-state index contributed by atoms with van der Waals surface area (Å²) >= 11 is 0. The molecule has 0 radical (unpaired) electrons. The third-order valence-electron chi connectivity index (χ3n) is 0. The summed E-state index contributed by atoms with van der Waals surface area (Å²) < 4.78 is 0. The molecule has 0 heterocycles. The lowest BCUT2D eigenvalue weighted by atomic mass is 10.2. The molecule has 0 aliphatic rings. The molecule has 2 heteroatoms. The van der Waals surface area contributed by atoms with Crippen LogP contribution in [-0.2, 0) is 4.79 Å². The van der Waals surface area contributed by atoms with E-state index in [0.29, 0.717) is 0 Å². The number of hydrogen-bond acceptors (Lipinski definition) is 2. The van der Waals surface area contributed by atoms with E-state index < -0.39 is 5.60 Å². The van der Waals surface area contributed by atoms with E-state index in [4.69, 9.17) is 9.90 Å². The van der Waals surface area contributed by atoms with Crippen LogP contribution in [0.5, 0.6) is 0 Å². The first-order valence-corrected chi connectivity index (χ1v) is 2.01. The maximum Gasteiger partial charge on any atom is 0.106 e. The van der Waals surface area contributed by atoms with Gasteiger partial charge in [0.1, 0.15) is 6.79 Å². The maximum absolute atomic E-state index is 8.52. The van der Waals surface area contributed by atoms with Gasteiger partial charge in [0.15, 0.2) is 0 Å². The Balaban J connectivity index is 0. The van der Waals surface area contributed by atoms with Crippen molar-refractivity contribution in [3.63, 3.8) is 0 Å². The van der Waals surface area contributed by atoms with Crippen LogP contribution >= 0.6 is 0 Å². The average Bonchev–Trinajstić information content (AvgIpc) is 1.36. The van der Waals surface area contributed by atoms with Crippen LogP contribution in [0, 0.1) is 0 Å². The zero-order valence-electron chi connectivity index (χ0n) is 5.06. The number of carbonyl (C=O) groups is 1. The summed E-state index contributed by atoms with van der Waals surface area (Å²) in [5, 5.41) is 8.52. The van der Waals surface area contributed by atoms with Gasteiger partial charge in [0.2, 0.25) is 0 Å². The molecule has 0 saturated heterocycles. The third kappa shape index (κ3) is 542. The molecule has 0 bridgehead atoms. The van der Waals surface area contributed by atoms with Crippen LogP contribution in [0.4, 0.5) is 0 Å². The van der Waals surface area contributed by atoms with Gasteiger partial charge in [0.05, 0.1) is 5.60 Å². The van der Waals surface area contributed by atoms with Crippen LogP contribution < -0.4 is 0 Å². The lowest BCUT2D eigenvalue weighted by Crippen LogP contribution is -2.10. The molecule has 2 nitrogen and oxygen atoms in total. The zero-order chi connectivity index (χ0) is 6.50. The third-order valence-corrected chi connectivity index (χ3v) is 0. The molecule has 0 atom stereocenters. The molecule has 44 valence electrons. The molecule has 0 unspecified atom stereocenters. The van der Waals surface area contributed by atoms with Crippen LogP contribution in [0.3, 0.4) is 0 Å². The average molecular weight is 104 g/mol. The summed E-state index contributed by atoms with van der Waals surface area (Å²) in [6.07, 6.45) is 0. The minimum atomic E-state index is -0.500. The van der Waals surface area contributed by atoms with Gasteiger partial charge in [-0.15, -0.1) is 0 Å². The second kappa shape index (κ2) is 3.81. The molecule has 0 aliphatic heterocycles. The summed E-state index contributed by atoms with van der Waals surface area (Å²) in [5.41, 5.74) is -0.500.